The van der Waals surface area contributed by atoms with E-state index in [0.717, 1.165) is 31.6 Å². The van der Waals surface area contributed by atoms with E-state index in [-0.39, 0.29) is 5.91 Å². The van der Waals surface area contributed by atoms with E-state index in [4.69, 9.17) is 0 Å². The molecule has 28 heavy (non-hydrogen) atoms. The lowest BCUT2D eigenvalue weighted by atomic mass is 9.95. The van der Waals surface area contributed by atoms with Crippen LogP contribution in [0.3, 0.4) is 0 Å². The molecule has 0 unspecified atom stereocenters. The van der Waals surface area contributed by atoms with Gasteiger partial charge in [-0.2, -0.15) is 0 Å². The number of piperidine rings is 1. The molecule has 4 rings (SSSR count). The van der Waals surface area contributed by atoms with Gasteiger partial charge in [0.2, 0.25) is 0 Å². The molecule has 1 amide bonds. The van der Waals surface area contributed by atoms with Crippen LogP contribution in [0.4, 0.5) is 17.2 Å². The average Bonchev–Trinajstić information content (AvgIpc) is 2.76. The third-order valence-electron chi connectivity index (χ3n) is 5.82. The predicted molar refractivity (Wildman–Crippen MR) is 114 cm³/mol. The van der Waals surface area contributed by atoms with E-state index in [9.17, 15) is 4.79 Å². The summed E-state index contributed by atoms with van der Waals surface area (Å²) in [6, 6.07) is 12.4. The first-order chi connectivity index (χ1) is 13.8. The Hall–Kier alpha value is -2.56. The molecule has 148 valence electrons. The Morgan fingerprint density at radius 2 is 1.64 bits per heavy atom. The maximum absolute atomic E-state index is 12.6. The summed E-state index contributed by atoms with van der Waals surface area (Å²) in [5.41, 5.74) is 2.92. The van der Waals surface area contributed by atoms with Crippen molar-refractivity contribution in [2.45, 2.75) is 57.4 Å². The van der Waals surface area contributed by atoms with Crippen molar-refractivity contribution in [3.63, 3.8) is 0 Å². The molecule has 0 atom stereocenters. The minimum absolute atomic E-state index is 0.00204. The van der Waals surface area contributed by atoms with Gasteiger partial charge in [0.15, 0.2) is 0 Å². The zero-order chi connectivity index (χ0) is 19.2. The van der Waals surface area contributed by atoms with Gasteiger partial charge in [0.25, 0.3) is 5.91 Å². The van der Waals surface area contributed by atoms with Crippen molar-refractivity contribution < 1.29 is 4.79 Å². The number of anilines is 3. The molecule has 1 saturated carbocycles. The Bertz CT molecular complexity index is 777. The maximum Gasteiger partial charge on any atom is 0.251 e. The lowest BCUT2D eigenvalue weighted by Crippen LogP contribution is -2.36. The molecule has 0 radical (unpaired) electrons. The van der Waals surface area contributed by atoms with E-state index < -0.39 is 0 Å². The first kappa shape index (κ1) is 18.8. The molecule has 2 aromatic rings. The lowest BCUT2D eigenvalue weighted by molar-refractivity contribution is 0.0927. The van der Waals surface area contributed by atoms with Crippen molar-refractivity contribution in [1.29, 1.82) is 0 Å². The molecule has 0 bridgehead atoms. The van der Waals surface area contributed by atoms with Crippen LogP contribution in [-0.4, -0.2) is 30.0 Å². The van der Waals surface area contributed by atoms with Crippen LogP contribution in [0.25, 0.3) is 0 Å². The Morgan fingerprint density at radius 3 is 2.39 bits per heavy atom. The number of nitrogens with one attached hydrogen (secondary N) is 2. The first-order valence-electron chi connectivity index (χ1n) is 10.7. The molecule has 2 heterocycles. The minimum atomic E-state index is -0.00204. The molecule has 1 aromatic heterocycles. The molecule has 1 aliphatic carbocycles. The Balaban J connectivity index is 1.38. The van der Waals surface area contributed by atoms with Crippen LogP contribution in [-0.2, 0) is 0 Å². The maximum atomic E-state index is 12.6. The molecule has 2 aliphatic rings. The van der Waals surface area contributed by atoms with E-state index in [0.29, 0.717) is 17.4 Å². The van der Waals surface area contributed by atoms with Crippen LogP contribution >= 0.6 is 0 Å². The summed E-state index contributed by atoms with van der Waals surface area (Å²) in [6.07, 6.45) is 11.5. The van der Waals surface area contributed by atoms with Crippen LogP contribution in [0, 0.1) is 0 Å². The number of benzene rings is 1. The fraction of sp³-hybridized carbons (Fsp3) is 0.478. The molecule has 5 nitrogen and oxygen atoms in total. The second-order valence-corrected chi connectivity index (χ2v) is 7.96. The number of hydrogen-bond acceptors (Lipinski definition) is 4. The molecule has 2 fully saturated rings. The third-order valence-corrected chi connectivity index (χ3v) is 5.82. The van der Waals surface area contributed by atoms with Crippen molar-refractivity contribution in [1.82, 2.24) is 10.3 Å². The summed E-state index contributed by atoms with van der Waals surface area (Å²) in [4.78, 5) is 19.4. The average molecular weight is 379 g/mol. The van der Waals surface area contributed by atoms with Gasteiger partial charge in [-0.3, -0.25) is 4.79 Å². The highest BCUT2D eigenvalue weighted by atomic mass is 16.1. The Morgan fingerprint density at radius 1 is 0.929 bits per heavy atom. The molecule has 1 saturated heterocycles. The van der Waals surface area contributed by atoms with Gasteiger partial charge in [-0.25, -0.2) is 4.98 Å². The first-order valence-corrected chi connectivity index (χ1v) is 10.7. The number of amides is 1. The van der Waals surface area contributed by atoms with Crippen molar-refractivity contribution in [3.8, 4) is 0 Å². The van der Waals surface area contributed by atoms with E-state index in [2.05, 4.69) is 44.8 Å². The quantitative estimate of drug-likeness (QED) is 0.779. The zero-order valence-corrected chi connectivity index (χ0v) is 16.5. The van der Waals surface area contributed by atoms with Crippen LogP contribution in [0.1, 0.15) is 61.7 Å². The lowest BCUT2D eigenvalue weighted by Gasteiger charge is -2.28. The summed E-state index contributed by atoms with van der Waals surface area (Å²) in [5, 5.41) is 6.49. The van der Waals surface area contributed by atoms with E-state index in [1.165, 1.54) is 44.2 Å². The van der Waals surface area contributed by atoms with Crippen molar-refractivity contribution in [2.24, 2.45) is 0 Å². The monoisotopic (exact) mass is 378 g/mol. The van der Waals surface area contributed by atoms with E-state index >= 15 is 0 Å². The van der Waals surface area contributed by atoms with Crippen molar-refractivity contribution >= 4 is 23.1 Å². The molecule has 1 aliphatic heterocycles. The zero-order valence-electron chi connectivity index (χ0n) is 16.5. The summed E-state index contributed by atoms with van der Waals surface area (Å²) in [5.74, 6) is 0.694. The number of nitrogens with zero attached hydrogens (tertiary/aromatic N) is 2. The minimum Gasteiger partial charge on any atom is -0.372 e. The number of carbonyl (C=O) groups is 1. The normalized spacial score (nSPS) is 17.9. The number of hydrogen-bond donors (Lipinski definition) is 2. The topological polar surface area (TPSA) is 57.3 Å². The smallest absolute Gasteiger partial charge is 0.251 e. The fourth-order valence-corrected chi connectivity index (χ4v) is 4.21. The highest BCUT2D eigenvalue weighted by molar-refractivity contribution is 5.95. The number of carbonyl (C=O) groups excluding carboxylic acids is 1. The van der Waals surface area contributed by atoms with Gasteiger partial charge in [0.05, 0.1) is 0 Å². The predicted octanol–water partition coefficient (Wildman–Crippen LogP) is 4.88. The van der Waals surface area contributed by atoms with Gasteiger partial charge in [0, 0.05) is 42.3 Å². The second-order valence-electron chi connectivity index (χ2n) is 7.96. The number of pyridine rings is 1. The Kier molecular flexibility index (Phi) is 6.10. The van der Waals surface area contributed by atoms with Gasteiger partial charge in [0.1, 0.15) is 5.82 Å². The Labute approximate surface area is 167 Å². The van der Waals surface area contributed by atoms with Crippen LogP contribution in [0.5, 0.6) is 0 Å². The van der Waals surface area contributed by atoms with Crippen LogP contribution in [0.15, 0.2) is 42.6 Å². The van der Waals surface area contributed by atoms with E-state index in [1.54, 1.807) is 12.3 Å². The van der Waals surface area contributed by atoms with Gasteiger partial charge >= 0.3 is 0 Å². The second kappa shape index (κ2) is 9.09. The standard InChI is InChI=1S/C23H30N4O/c28-23(26-19-7-3-1-4-8-19)18-13-14-24-22(17-18)25-20-9-11-21(12-10-20)27-15-5-2-6-16-27/h9-14,17,19H,1-8,15-16H2,(H,24,25)(H,26,28). The highest BCUT2D eigenvalue weighted by Crippen LogP contribution is 2.23. The molecular weight excluding hydrogens is 348 g/mol. The molecular formula is C23H30N4O. The van der Waals surface area contributed by atoms with Crippen LogP contribution < -0.4 is 15.5 Å². The van der Waals surface area contributed by atoms with Crippen LogP contribution in [0.2, 0.25) is 0 Å². The summed E-state index contributed by atoms with van der Waals surface area (Å²) < 4.78 is 0. The van der Waals surface area contributed by atoms with Crippen molar-refractivity contribution in [3.05, 3.63) is 48.2 Å². The van der Waals surface area contributed by atoms with Gasteiger partial charge in [-0.05, 0) is 68.5 Å². The number of aromatic nitrogens is 1. The third kappa shape index (κ3) is 4.83. The molecule has 2 N–H and O–H groups in total. The molecule has 5 heteroatoms. The van der Waals surface area contributed by atoms with Gasteiger partial charge in [-0.15, -0.1) is 0 Å². The van der Waals surface area contributed by atoms with E-state index in [1.807, 2.05) is 6.07 Å². The largest absolute Gasteiger partial charge is 0.372 e. The van der Waals surface area contributed by atoms with Gasteiger partial charge < -0.3 is 15.5 Å². The summed E-state index contributed by atoms with van der Waals surface area (Å²) in [7, 11) is 0. The summed E-state index contributed by atoms with van der Waals surface area (Å²) >= 11 is 0. The fourth-order valence-electron chi connectivity index (χ4n) is 4.21. The summed E-state index contributed by atoms with van der Waals surface area (Å²) in [6.45, 7) is 2.29. The highest BCUT2D eigenvalue weighted by Gasteiger charge is 2.17. The van der Waals surface area contributed by atoms with Crippen molar-refractivity contribution in [2.75, 3.05) is 23.3 Å². The molecule has 1 aromatic carbocycles. The SMILES string of the molecule is O=C(NC1CCCCC1)c1ccnc(Nc2ccc(N3CCCCC3)cc2)c1. The number of rotatable bonds is 5. The molecule has 0 spiro atoms. The van der Waals surface area contributed by atoms with Gasteiger partial charge in [-0.1, -0.05) is 19.3 Å².